The van der Waals surface area contributed by atoms with Gasteiger partial charge >= 0.3 is 0 Å². The van der Waals surface area contributed by atoms with Crippen LogP contribution in [0.15, 0.2) is 46.7 Å². The van der Waals surface area contributed by atoms with E-state index in [1.54, 1.807) is 30.3 Å². The molecule has 5 heteroatoms. The molecule has 0 aliphatic rings. The Balaban J connectivity index is 2.28. The summed E-state index contributed by atoms with van der Waals surface area (Å²) in [4.78, 5) is 0.279. The SMILES string of the molecule is Cc1csc(NS(=O)(=O)c2ccccc2)c1. The molecular weight excluding hydrogens is 242 g/mol. The van der Waals surface area contributed by atoms with Crippen molar-refractivity contribution >= 4 is 26.4 Å². The molecule has 2 aromatic rings. The standard InChI is InChI=1S/C11H11NO2S2/c1-9-7-11(15-8-9)12-16(13,14)10-5-3-2-4-6-10/h2-8,12H,1H3. The lowest BCUT2D eigenvalue weighted by molar-refractivity contribution is 0.601. The van der Waals surface area contributed by atoms with Crippen LogP contribution in [-0.4, -0.2) is 8.42 Å². The van der Waals surface area contributed by atoms with Crippen molar-refractivity contribution in [3.63, 3.8) is 0 Å². The first-order valence-corrected chi connectivity index (χ1v) is 7.07. The average molecular weight is 253 g/mol. The topological polar surface area (TPSA) is 46.2 Å². The molecule has 16 heavy (non-hydrogen) atoms. The van der Waals surface area contributed by atoms with Gasteiger partial charge in [-0.1, -0.05) is 18.2 Å². The third-order valence-electron chi connectivity index (χ3n) is 2.02. The lowest BCUT2D eigenvalue weighted by atomic mass is 10.4. The summed E-state index contributed by atoms with van der Waals surface area (Å²) in [6.45, 7) is 1.93. The number of hydrogen-bond acceptors (Lipinski definition) is 3. The Morgan fingerprint density at radius 3 is 2.44 bits per heavy atom. The number of rotatable bonds is 3. The fourth-order valence-electron chi connectivity index (χ4n) is 1.28. The summed E-state index contributed by atoms with van der Waals surface area (Å²) in [6, 6.07) is 10.1. The van der Waals surface area contributed by atoms with E-state index in [1.807, 2.05) is 18.4 Å². The molecule has 0 aliphatic heterocycles. The Hall–Kier alpha value is -1.33. The van der Waals surface area contributed by atoms with Gasteiger partial charge in [0.15, 0.2) is 0 Å². The van der Waals surface area contributed by atoms with Crippen molar-refractivity contribution in [2.24, 2.45) is 0 Å². The molecule has 0 saturated carbocycles. The number of aryl methyl sites for hydroxylation is 1. The van der Waals surface area contributed by atoms with Gasteiger partial charge in [0.2, 0.25) is 0 Å². The van der Waals surface area contributed by atoms with Gasteiger partial charge in [0.25, 0.3) is 10.0 Å². The summed E-state index contributed by atoms with van der Waals surface area (Å²) in [7, 11) is -3.44. The average Bonchev–Trinajstić information content (AvgIpc) is 2.64. The maximum atomic E-state index is 11.9. The molecule has 0 amide bonds. The van der Waals surface area contributed by atoms with Crippen LogP contribution in [0.5, 0.6) is 0 Å². The monoisotopic (exact) mass is 253 g/mol. The molecule has 2 rings (SSSR count). The minimum Gasteiger partial charge on any atom is -0.270 e. The predicted molar refractivity (Wildman–Crippen MR) is 66.3 cm³/mol. The van der Waals surface area contributed by atoms with Gasteiger partial charge in [-0.3, -0.25) is 4.72 Å². The number of hydrogen-bond donors (Lipinski definition) is 1. The molecule has 0 unspecified atom stereocenters. The van der Waals surface area contributed by atoms with Gasteiger partial charge in [-0.25, -0.2) is 8.42 Å². The summed E-state index contributed by atoms with van der Waals surface area (Å²) in [5.41, 5.74) is 1.05. The van der Waals surface area contributed by atoms with E-state index in [-0.39, 0.29) is 4.90 Å². The van der Waals surface area contributed by atoms with E-state index in [2.05, 4.69) is 4.72 Å². The van der Waals surface area contributed by atoms with E-state index in [1.165, 1.54) is 11.3 Å². The zero-order chi connectivity index (χ0) is 11.6. The highest BCUT2D eigenvalue weighted by molar-refractivity contribution is 7.93. The Morgan fingerprint density at radius 1 is 1.19 bits per heavy atom. The van der Waals surface area contributed by atoms with Gasteiger partial charge in [0.05, 0.1) is 4.90 Å². The van der Waals surface area contributed by atoms with Gasteiger partial charge in [-0.05, 0) is 36.1 Å². The van der Waals surface area contributed by atoms with Gasteiger partial charge in [0, 0.05) is 0 Å². The van der Waals surface area contributed by atoms with Crippen molar-refractivity contribution in [3.05, 3.63) is 47.3 Å². The molecule has 0 radical (unpaired) electrons. The summed E-state index contributed by atoms with van der Waals surface area (Å²) in [5.74, 6) is 0. The third kappa shape index (κ3) is 2.43. The number of anilines is 1. The van der Waals surface area contributed by atoms with Crippen molar-refractivity contribution in [2.45, 2.75) is 11.8 Å². The van der Waals surface area contributed by atoms with Crippen LogP contribution < -0.4 is 4.72 Å². The maximum Gasteiger partial charge on any atom is 0.262 e. The largest absolute Gasteiger partial charge is 0.270 e. The smallest absolute Gasteiger partial charge is 0.262 e. The van der Waals surface area contributed by atoms with E-state index < -0.39 is 10.0 Å². The van der Waals surface area contributed by atoms with Crippen LogP contribution in [0, 0.1) is 6.92 Å². The van der Waals surface area contributed by atoms with Crippen LogP contribution in [0.2, 0.25) is 0 Å². The Labute approximate surface area is 98.8 Å². The molecule has 0 fully saturated rings. The second-order valence-corrected chi connectivity index (χ2v) is 6.00. The molecule has 0 aliphatic carbocycles. The molecule has 3 nitrogen and oxygen atoms in total. The minimum atomic E-state index is -3.44. The van der Waals surface area contributed by atoms with Crippen LogP contribution in [0.25, 0.3) is 0 Å². The fourth-order valence-corrected chi connectivity index (χ4v) is 3.39. The van der Waals surface area contributed by atoms with E-state index >= 15 is 0 Å². The number of sulfonamides is 1. The van der Waals surface area contributed by atoms with Crippen molar-refractivity contribution in [3.8, 4) is 0 Å². The quantitative estimate of drug-likeness (QED) is 0.914. The summed E-state index contributed by atoms with van der Waals surface area (Å²) < 4.78 is 26.4. The summed E-state index contributed by atoms with van der Waals surface area (Å²) in [6.07, 6.45) is 0. The summed E-state index contributed by atoms with van der Waals surface area (Å²) >= 11 is 1.38. The highest BCUT2D eigenvalue weighted by atomic mass is 32.2. The first-order valence-electron chi connectivity index (χ1n) is 4.71. The molecule has 84 valence electrons. The molecule has 1 heterocycles. The zero-order valence-electron chi connectivity index (χ0n) is 8.67. The normalized spacial score (nSPS) is 11.3. The lowest BCUT2D eigenvalue weighted by Crippen LogP contribution is -2.11. The van der Waals surface area contributed by atoms with Crippen LogP contribution in [0.3, 0.4) is 0 Å². The molecule has 1 aromatic heterocycles. The van der Waals surface area contributed by atoms with Crippen molar-refractivity contribution in [1.82, 2.24) is 0 Å². The number of thiophene rings is 1. The molecule has 0 bridgehead atoms. The van der Waals surface area contributed by atoms with Crippen molar-refractivity contribution < 1.29 is 8.42 Å². The third-order valence-corrected chi connectivity index (χ3v) is 4.49. The van der Waals surface area contributed by atoms with Crippen molar-refractivity contribution in [1.29, 1.82) is 0 Å². The van der Waals surface area contributed by atoms with E-state index in [4.69, 9.17) is 0 Å². The molecule has 0 saturated heterocycles. The van der Waals surface area contributed by atoms with Crippen molar-refractivity contribution in [2.75, 3.05) is 4.72 Å². The van der Waals surface area contributed by atoms with Gasteiger partial charge in [-0.2, -0.15) is 0 Å². The zero-order valence-corrected chi connectivity index (χ0v) is 10.3. The number of benzene rings is 1. The van der Waals surface area contributed by atoms with Crippen LogP contribution in [-0.2, 0) is 10.0 Å². The van der Waals surface area contributed by atoms with Crippen LogP contribution in [0.4, 0.5) is 5.00 Å². The van der Waals surface area contributed by atoms with Gasteiger partial charge in [-0.15, -0.1) is 11.3 Å². The van der Waals surface area contributed by atoms with E-state index in [9.17, 15) is 8.42 Å². The highest BCUT2D eigenvalue weighted by Crippen LogP contribution is 2.22. The lowest BCUT2D eigenvalue weighted by Gasteiger charge is -2.04. The van der Waals surface area contributed by atoms with E-state index in [0.717, 1.165) is 5.56 Å². The Morgan fingerprint density at radius 2 is 1.88 bits per heavy atom. The molecule has 1 aromatic carbocycles. The number of nitrogens with one attached hydrogen (secondary N) is 1. The minimum absolute atomic E-state index is 0.279. The van der Waals surface area contributed by atoms with Crippen LogP contribution >= 0.6 is 11.3 Å². The Kier molecular flexibility index (Phi) is 2.98. The Bertz CT molecular complexity index is 573. The summed E-state index contributed by atoms with van der Waals surface area (Å²) in [5, 5.41) is 2.55. The van der Waals surface area contributed by atoms with E-state index in [0.29, 0.717) is 5.00 Å². The van der Waals surface area contributed by atoms with Gasteiger partial charge < -0.3 is 0 Å². The van der Waals surface area contributed by atoms with Crippen LogP contribution in [0.1, 0.15) is 5.56 Å². The van der Waals surface area contributed by atoms with Gasteiger partial charge in [0.1, 0.15) is 5.00 Å². The second-order valence-electron chi connectivity index (χ2n) is 3.41. The predicted octanol–water partition coefficient (Wildman–Crippen LogP) is 2.86. The molecule has 0 spiro atoms. The maximum absolute atomic E-state index is 11.9. The molecular formula is C11H11NO2S2. The molecule has 1 N–H and O–H groups in total. The fraction of sp³-hybridized carbons (Fsp3) is 0.0909. The first kappa shape index (κ1) is 11.2. The highest BCUT2D eigenvalue weighted by Gasteiger charge is 2.13. The second kappa shape index (κ2) is 4.27. The molecule has 0 atom stereocenters. The first-order chi connectivity index (χ1) is 7.58.